The summed E-state index contributed by atoms with van der Waals surface area (Å²) >= 11 is 0. The minimum Gasteiger partial charge on any atom is -0.324 e. The minimum atomic E-state index is -0.484. The van der Waals surface area contributed by atoms with E-state index in [1.807, 2.05) is 6.07 Å². The van der Waals surface area contributed by atoms with Crippen molar-refractivity contribution in [1.29, 1.82) is 0 Å². The van der Waals surface area contributed by atoms with Gasteiger partial charge < -0.3 is 9.88 Å². The second-order valence-corrected chi connectivity index (χ2v) is 6.39. The average molecular weight is 343 g/mol. The van der Waals surface area contributed by atoms with Gasteiger partial charge in [-0.3, -0.25) is 14.3 Å². The van der Waals surface area contributed by atoms with Gasteiger partial charge in [-0.1, -0.05) is 6.07 Å². The summed E-state index contributed by atoms with van der Waals surface area (Å²) in [6.45, 7) is 0.445. The topological polar surface area (TPSA) is 84.7 Å². The number of benzene rings is 1. The predicted octanol–water partition coefficient (Wildman–Crippen LogP) is 0.876. The standard InChI is InChI=1S/C17H18FN5O2/c1-22-13(20-15-14(22)16(24)21-17(25)23(15)2)8-19-12-6-3-9-7-10(18)4-5-11(9)12/h4-5,7,12,19H,3,6,8H2,1-2H3,(H,21,24,25). The number of rotatable bonds is 3. The Bertz CT molecular complexity index is 1090. The van der Waals surface area contributed by atoms with Crippen LogP contribution in [0.25, 0.3) is 11.2 Å². The van der Waals surface area contributed by atoms with Crippen molar-refractivity contribution in [2.45, 2.75) is 25.4 Å². The normalized spacial score (nSPS) is 16.5. The highest BCUT2D eigenvalue weighted by molar-refractivity contribution is 5.70. The Morgan fingerprint density at radius 2 is 2.12 bits per heavy atom. The van der Waals surface area contributed by atoms with Gasteiger partial charge in [0.25, 0.3) is 5.56 Å². The third kappa shape index (κ3) is 2.49. The molecular weight excluding hydrogens is 325 g/mol. The zero-order valence-electron chi connectivity index (χ0n) is 14.0. The van der Waals surface area contributed by atoms with E-state index in [1.54, 1.807) is 24.7 Å². The number of halogens is 1. The molecule has 2 aromatic heterocycles. The molecule has 0 aliphatic heterocycles. The molecule has 8 heteroatoms. The number of fused-ring (bicyclic) bond motifs is 2. The van der Waals surface area contributed by atoms with Crippen LogP contribution in [0.2, 0.25) is 0 Å². The van der Waals surface area contributed by atoms with Crippen LogP contribution in [0.15, 0.2) is 27.8 Å². The smallest absolute Gasteiger partial charge is 0.324 e. The van der Waals surface area contributed by atoms with Crippen molar-refractivity contribution in [3.05, 3.63) is 61.8 Å². The van der Waals surface area contributed by atoms with Crippen LogP contribution in [0.1, 0.15) is 29.4 Å². The number of aromatic amines is 1. The fourth-order valence-corrected chi connectivity index (χ4v) is 3.52. The second-order valence-electron chi connectivity index (χ2n) is 6.39. The molecule has 0 spiro atoms. The van der Waals surface area contributed by atoms with Crippen LogP contribution in [0.3, 0.4) is 0 Å². The number of aryl methyl sites for hydroxylation is 3. The highest BCUT2D eigenvalue weighted by atomic mass is 19.1. The lowest BCUT2D eigenvalue weighted by atomic mass is 10.1. The van der Waals surface area contributed by atoms with E-state index >= 15 is 0 Å². The van der Waals surface area contributed by atoms with Gasteiger partial charge >= 0.3 is 5.69 Å². The molecule has 1 aliphatic carbocycles. The van der Waals surface area contributed by atoms with Gasteiger partial charge in [0.15, 0.2) is 11.2 Å². The summed E-state index contributed by atoms with van der Waals surface area (Å²) in [5.41, 5.74) is 1.93. The number of nitrogens with one attached hydrogen (secondary N) is 2. The van der Waals surface area contributed by atoms with Crippen LogP contribution in [-0.4, -0.2) is 19.1 Å². The lowest BCUT2D eigenvalue weighted by molar-refractivity contribution is 0.513. The van der Waals surface area contributed by atoms with E-state index < -0.39 is 11.2 Å². The van der Waals surface area contributed by atoms with Crippen LogP contribution in [0.4, 0.5) is 4.39 Å². The molecule has 0 radical (unpaired) electrons. The molecule has 3 aromatic rings. The Kier molecular flexibility index (Phi) is 3.57. The molecule has 25 heavy (non-hydrogen) atoms. The number of imidazole rings is 1. The molecule has 1 aromatic carbocycles. The molecule has 0 amide bonds. The van der Waals surface area contributed by atoms with Gasteiger partial charge in [-0.05, 0) is 36.1 Å². The molecule has 7 nitrogen and oxygen atoms in total. The maximum absolute atomic E-state index is 13.3. The first-order valence-electron chi connectivity index (χ1n) is 8.12. The van der Waals surface area contributed by atoms with Crippen molar-refractivity contribution in [2.75, 3.05) is 0 Å². The number of nitrogens with zero attached hydrogens (tertiary/aromatic N) is 3. The van der Waals surface area contributed by atoms with E-state index in [9.17, 15) is 14.0 Å². The third-order valence-corrected chi connectivity index (χ3v) is 4.92. The Hall–Kier alpha value is -2.74. The van der Waals surface area contributed by atoms with Crippen LogP contribution >= 0.6 is 0 Å². The molecule has 2 N–H and O–H groups in total. The van der Waals surface area contributed by atoms with Crippen molar-refractivity contribution >= 4 is 11.2 Å². The Balaban J connectivity index is 1.64. The molecule has 0 bridgehead atoms. The fourth-order valence-electron chi connectivity index (χ4n) is 3.52. The van der Waals surface area contributed by atoms with E-state index in [-0.39, 0.29) is 11.9 Å². The van der Waals surface area contributed by atoms with E-state index in [1.165, 1.54) is 10.6 Å². The monoisotopic (exact) mass is 343 g/mol. The van der Waals surface area contributed by atoms with Crippen molar-refractivity contribution in [2.24, 2.45) is 14.1 Å². The summed E-state index contributed by atoms with van der Waals surface area (Å²) in [7, 11) is 3.33. The summed E-state index contributed by atoms with van der Waals surface area (Å²) in [6, 6.07) is 5.00. The number of hydrogen-bond acceptors (Lipinski definition) is 4. The molecule has 0 fully saturated rings. The van der Waals surface area contributed by atoms with Gasteiger partial charge in [0.05, 0.1) is 6.54 Å². The predicted molar refractivity (Wildman–Crippen MR) is 90.9 cm³/mol. The van der Waals surface area contributed by atoms with Gasteiger partial charge in [-0.2, -0.15) is 0 Å². The highest BCUT2D eigenvalue weighted by Crippen LogP contribution is 2.31. The van der Waals surface area contributed by atoms with Gasteiger partial charge in [0, 0.05) is 20.1 Å². The van der Waals surface area contributed by atoms with E-state index in [4.69, 9.17) is 0 Å². The van der Waals surface area contributed by atoms with E-state index in [0.717, 1.165) is 24.0 Å². The Morgan fingerprint density at radius 1 is 1.32 bits per heavy atom. The summed E-state index contributed by atoms with van der Waals surface area (Å²) in [6.07, 6.45) is 1.73. The molecule has 0 saturated heterocycles. The van der Waals surface area contributed by atoms with Crippen molar-refractivity contribution in [3.8, 4) is 0 Å². The van der Waals surface area contributed by atoms with Crippen LogP contribution in [0.5, 0.6) is 0 Å². The molecule has 4 rings (SSSR count). The quantitative estimate of drug-likeness (QED) is 0.739. The maximum Gasteiger partial charge on any atom is 0.329 e. The second kappa shape index (κ2) is 5.66. The fraction of sp³-hybridized carbons (Fsp3) is 0.353. The van der Waals surface area contributed by atoms with Crippen LogP contribution < -0.4 is 16.6 Å². The van der Waals surface area contributed by atoms with Crippen LogP contribution in [0, 0.1) is 5.82 Å². The number of aromatic nitrogens is 4. The van der Waals surface area contributed by atoms with Gasteiger partial charge in [-0.15, -0.1) is 0 Å². The molecule has 1 unspecified atom stereocenters. The summed E-state index contributed by atoms with van der Waals surface area (Å²) in [5, 5.41) is 3.42. The first kappa shape index (κ1) is 15.8. The first-order valence-corrected chi connectivity index (χ1v) is 8.12. The average Bonchev–Trinajstić information content (AvgIpc) is 3.12. The summed E-state index contributed by atoms with van der Waals surface area (Å²) in [4.78, 5) is 30.5. The molecule has 1 aliphatic rings. The number of H-pyrrole nitrogens is 1. The third-order valence-electron chi connectivity index (χ3n) is 4.92. The van der Waals surface area contributed by atoms with E-state index in [2.05, 4.69) is 15.3 Å². The Labute approximate surface area is 142 Å². The van der Waals surface area contributed by atoms with Crippen LogP contribution in [-0.2, 0) is 27.1 Å². The molecular formula is C17H18FN5O2. The van der Waals surface area contributed by atoms with Gasteiger partial charge in [0.2, 0.25) is 0 Å². The zero-order valence-corrected chi connectivity index (χ0v) is 14.0. The zero-order chi connectivity index (χ0) is 17.7. The summed E-state index contributed by atoms with van der Waals surface area (Å²) < 4.78 is 16.3. The Morgan fingerprint density at radius 3 is 2.92 bits per heavy atom. The molecule has 0 saturated carbocycles. The summed E-state index contributed by atoms with van der Waals surface area (Å²) in [5.74, 6) is 0.451. The lowest BCUT2D eigenvalue weighted by Crippen LogP contribution is -2.29. The minimum absolute atomic E-state index is 0.123. The SMILES string of the molecule is Cn1c(CNC2CCc3cc(F)ccc32)nc2c1c(=O)[nH]c(=O)n2C. The largest absolute Gasteiger partial charge is 0.329 e. The van der Waals surface area contributed by atoms with Crippen molar-refractivity contribution in [1.82, 2.24) is 24.4 Å². The van der Waals surface area contributed by atoms with Gasteiger partial charge in [0.1, 0.15) is 11.6 Å². The molecule has 130 valence electrons. The molecule has 2 heterocycles. The lowest BCUT2D eigenvalue weighted by Gasteiger charge is -2.13. The number of hydrogen-bond donors (Lipinski definition) is 2. The first-order chi connectivity index (χ1) is 12.0. The van der Waals surface area contributed by atoms with Crippen molar-refractivity contribution in [3.63, 3.8) is 0 Å². The highest BCUT2D eigenvalue weighted by Gasteiger charge is 2.23. The van der Waals surface area contributed by atoms with Crippen molar-refractivity contribution < 1.29 is 4.39 Å². The molecule has 1 atom stereocenters. The maximum atomic E-state index is 13.3. The van der Waals surface area contributed by atoms with Gasteiger partial charge in [-0.25, -0.2) is 14.2 Å². The van der Waals surface area contributed by atoms with E-state index in [0.29, 0.717) is 23.5 Å².